The maximum Gasteiger partial charge on any atom is 0.586 e. The second-order valence-electron chi connectivity index (χ2n) is 10.5. The number of alkyl halides is 5. The number of amides is 1. The molecule has 2 aromatic rings. The number of fused-ring (bicyclic) bond motifs is 1. The molecule has 0 atom stereocenters. The molecule has 42 heavy (non-hydrogen) atoms. The smallest absolute Gasteiger partial charge is 0.477 e. The van der Waals surface area contributed by atoms with Gasteiger partial charge in [-0.25, -0.2) is 0 Å². The summed E-state index contributed by atoms with van der Waals surface area (Å²) in [4.78, 5) is 26.3. The predicted octanol–water partition coefficient (Wildman–Crippen LogP) is 6.05. The van der Waals surface area contributed by atoms with Gasteiger partial charge in [-0.1, -0.05) is 17.7 Å². The van der Waals surface area contributed by atoms with E-state index < -0.39 is 45.8 Å². The lowest BCUT2D eigenvalue weighted by molar-refractivity contribution is -0.286. The van der Waals surface area contributed by atoms with Crippen LogP contribution < -0.4 is 19.7 Å². The third-order valence-electron chi connectivity index (χ3n) is 7.43. The molecule has 224 valence electrons. The molecule has 2 bridgehead atoms. The molecule has 2 N–H and O–H groups in total. The number of carbonyl (C=O) groups excluding carboxylic acids is 2. The van der Waals surface area contributed by atoms with Crippen LogP contribution in [-0.2, 0) is 14.3 Å². The van der Waals surface area contributed by atoms with E-state index in [4.69, 9.17) is 26.5 Å². The van der Waals surface area contributed by atoms with Gasteiger partial charge in [-0.15, -0.1) is 8.78 Å². The molecule has 2 aromatic carbocycles. The minimum Gasteiger partial charge on any atom is -0.477 e. The van der Waals surface area contributed by atoms with Crippen molar-refractivity contribution in [2.24, 2.45) is 10.8 Å². The molecular formula is C27H23ClF5N3O6. The van der Waals surface area contributed by atoms with Crippen molar-refractivity contribution in [3.63, 3.8) is 0 Å². The first-order valence-corrected chi connectivity index (χ1v) is 12.8. The van der Waals surface area contributed by atoms with Crippen LogP contribution in [0, 0.1) is 16.2 Å². The molecule has 4 aliphatic rings. The Morgan fingerprint density at radius 1 is 1.10 bits per heavy atom. The van der Waals surface area contributed by atoms with Gasteiger partial charge in [0.1, 0.15) is 5.03 Å². The molecule has 3 aliphatic carbocycles. The number of hydrogen-bond donors (Lipinski definition) is 2. The number of rotatable bonds is 9. The van der Waals surface area contributed by atoms with E-state index >= 15 is 0 Å². The van der Waals surface area contributed by atoms with Crippen molar-refractivity contribution in [3.05, 3.63) is 58.9 Å². The molecular weight excluding hydrogens is 593 g/mol. The number of allylic oxidation sites excluding steroid dienone is 1. The van der Waals surface area contributed by atoms with Crippen LogP contribution in [-0.4, -0.2) is 50.8 Å². The van der Waals surface area contributed by atoms with E-state index in [1.54, 1.807) is 0 Å². The van der Waals surface area contributed by atoms with Crippen LogP contribution in [0.2, 0.25) is 0 Å². The van der Waals surface area contributed by atoms with Crippen LogP contribution in [0.25, 0.3) is 0 Å². The van der Waals surface area contributed by atoms with Gasteiger partial charge >= 0.3 is 18.4 Å². The number of methoxy groups -OCH3 is 1. The lowest BCUT2D eigenvalue weighted by Crippen LogP contribution is -2.67. The minimum absolute atomic E-state index is 0.0695. The van der Waals surface area contributed by atoms with Crippen LogP contribution >= 0.6 is 11.6 Å². The summed E-state index contributed by atoms with van der Waals surface area (Å²) in [6.45, 7) is -0.0695. The normalized spacial score (nSPS) is 23.5. The van der Waals surface area contributed by atoms with Crippen molar-refractivity contribution in [1.82, 2.24) is 0 Å². The minimum atomic E-state index is -5.06. The van der Waals surface area contributed by atoms with Crippen LogP contribution in [0.3, 0.4) is 0 Å². The number of nitrogens with one attached hydrogen (secondary N) is 2. The van der Waals surface area contributed by atoms with Gasteiger partial charge in [0.25, 0.3) is 5.91 Å². The lowest BCUT2D eigenvalue weighted by Gasteiger charge is -2.68. The van der Waals surface area contributed by atoms with Crippen molar-refractivity contribution < 1.29 is 50.5 Å². The summed E-state index contributed by atoms with van der Waals surface area (Å²) >= 11 is 5.96. The Kier molecular flexibility index (Phi) is 7.03. The zero-order valence-electron chi connectivity index (χ0n) is 22.0. The van der Waals surface area contributed by atoms with Gasteiger partial charge in [0.05, 0.1) is 19.1 Å². The fourth-order valence-corrected chi connectivity index (χ4v) is 5.73. The molecule has 15 heteroatoms. The number of carbonyl (C=O) groups is 2. The maximum atomic E-state index is 13.4. The van der Waals surface area contributed by atoms with Gasteiger partial charge in [-0.2, -0.15) is 13.2 Å². The summed E-state index contributed by atoms with van der Waals surface area (Å²) in [5.41, 5.74) is -2.48. The maximum absolute atomic E-state index is 13.4. The summed E-state index contributed by atoms with van der Waals surface area (Å²) < 4.78 is 85.9. The number of nitrogens with zero attached hydrogens (tertiary/aromatic N) is 1. The van der Waals surface area contributed by atoms with Crippen LogP contribution in [0.1, 0.15) is 29.6 Å². The van der Waals surface area contributed by atoms with Gasteiger partial charge in [-0.05, 0) is 49.6 Å². The van der Waals surface area contributed by atoms with Gasteiger partial charge in [0.2, 0.25) is 5.88 Å². The van der Waals surface area contributed by atoms with Crippen molar-refractivity contribution in [2.45, 2.75) is 31.7 Å². The van der Waals surface area contributed by atoms with E-state index in [2.05, 4.69) is 14.8 Å². The third-order valence-corrected chi connectivity index (χ3v) is 7.79. The second-order valence-corrected chi connectivity index (χ2v) is 10.9. The first kappa shape index (κ1) is 29.4. The molecule has 0 saturated heterocycles. The molecule has 0 spiro atoms. The molecule has 1 amide bonds. The Morgan fingerprint density at radius 3 is 2.40 bits per heavy atom. The van der Waals surface area contributed by atoms with E-state index in [-0.39, 0.29) is 41.0 Å². The number of anilines is 2. The molecule has 1 heterocycles. The first-order valence-electron chi connectivity index (χ1n) is 12.4. The summed E-state index contributed by atoms with van der Waals surface area (Å²) in [7, 11) is 2.67. The molecule has 3 fully saturated rings. The zero-order valence-corrected chi connectivity index (χ0v) is 22.8. The molecule has 6 rings (SSSR count). The monoisotopic (exact) mass is 615 g/mol. The van der Waals surface area contributed by atoms with Crippen molar-refractivity contribution in [3.8, 4) is 11.5 Å². The lowest BCUT2D eigenvalue weighted by atomic mass is 9.35. The van der Waals surface area contributed by atoms with Crippen LogP contribution in [0.4, 0.5) is 33.3 Å². The average Bonchev–Trinajstić information content (AvgIpc) is 3.21. The van der Waals surface area contributed by atoms with E-state index in [0.29, 0.717) is 19.3 Å². The molecule has 0 radical (unpaired) electrons. The van der Waals surface area contributed by atoms with Gasteiger partial charge in [0, 0.05) is 35.5 Å². The van der Waals surface area contributed by atoms with Gasteiger partial charge in [0.15, 0.2) is 17.2 Å². The summed E-state index contributed by atoms with van der Waals surface area (Å²) in [6.07, 6.45) is -7.55. The zero-order chi connectivity index (χ0) is 30.7. The van der Waals surface area contributed by atoms with Crippen LogP contribution in [0.15, 0.2) is 53.4 Å². The van der Waals surface area contributed by atoms with Crippen molar-refractivity contribution >= 4 is 40.6 Å². The van der Waals surface area contributed by atoms with Crippen molar-refractivity contribution in [1.29, 1.82) is 5.41 Å². The molecule has 1 aliphatic heterocycles. The summed E-state index contributed by atoms with van der Waals surface area (Å²) in [5, 5.41) is 9.08. The largest absolute Gasteiger partial charge is 0.586 e. The molecule has 0 aromatic heterocycles. The summed E-state index contributed by atoms with van der Waals surface area (Å²) in [6, 6.07) is 9.43. The number of ether oxygens (including phenoxy) is 4. The number of esters is 1. The Labute approximate surface area is 240 Å². The van der Waals surface area contributed by atoms with Gasteiger partial charge < -0.3 is 29.2 Å². The molecule has 3 saturated carbocycles. The van der Waals surface area contributed by atoms with E-state index in [9.17, 15) is 31.5 Å². The SMILES string of the molecule is COC(=O)C12CC(CO/C(Nc3cccc(C(=O)N(C)c4ccc5c(c4)OC(F)(F)O5)c3)=C(\Cl)C(=N)C(F)(F)F)(C1)C2. The Balaban J connectivity index is 1.33. The molecule has 9 nitrogen and oxygen atoms in total. The highest BCUT2D eigenvalue weighted by atomic mass is 35.5. The third kappa shape index (κ3) is 5.30. The van der Waals surface area contributed by atoms with E-state index in [1.807, 2.05) is 0 Å². The van der Waals surface area contributed by atoms with E-state index in [1.165, 1.54) is 56.6 Å². The van der Waals surface area contributed by atoms with Crippen LogP contribution in [0.5, 0.6) is 11.5 Å². The number of halogens is 6. The number of hydrogen-bond acceptors (Lipinski definition) is 8. The second kappa shape index (κ2) is 10.0. The first-order chi connectivity index (χ1) is 19.6. The Bertz CT molecular complexity index is 1490. The quantitative estimate of drug-likeness (QED) is 0.153. The Hall–Kier alpha value is -4.07. The standard InChI is InChI=1S/C27H23ClF5N3O6/c1-36(16-6-7-17-18(9-16)42-27(32,33)41-17)22(37)14-4-3-5-15(8-14)35-21(19(28)20(34)26(29,30)31)40-13-24-10-25(11-24,12-24)23(38)39-2/h3-9,34-35H,10-13H2,1-2H3/b21-19-,34-20?. The highest BCUT2D eigenvalue weighted by molar-refractivity contribution is 6.44. The highest BCUT2D eigenvalue weighted by Gasteiger charge is 2.72. The number of benzene rings is 2. The highest BCUT2D eigenvalue weighted by Crippen LogP contribution is 2.73. The van der Waals surface area contributed by atoms with Gasteiger partial charge in [-0.3, -0.25) is 15.0 Å². The van der Waals surface area contributed by atoms with E-state index in [0.717, 1.165) is 4.90 Å². The summed E-state index contributed by atoms with van der Waals surface area (Å²) in [5.74, 6) is -1.95. The topological polar surface area (TPSA) is 110 Å². The van der Waals surface area contributed by atoms with Crippen molar-refractivity contribution in [2.75, 3.05) is 31.0 Å². The average molecular weight is 616 g/mol. The predicted molar refractivity (Wildman–Crippen MR) is 139 cm³/mol. The molecule has 0 unspecified atom stereocenters. The Morgan fingerprint density at radius 2 is 1.76 bits per heavy atom. The fourth-order valence-electron chi connectivity index (χ4n) is 5.52. The fraction of sp³-hybridized carbons (Fsp3) is 0.370.